The third-order valence-electron chi connectivity index (χ3n) is 3.60. The SMILES string of the molecule is O=Cc1ccc(CN2CCN(CCP(O)O)CC2)cc1. The minimum atomic E-state index is -1.76. The molecule has 0 aliphatic carbocycles. The summed E-state index contributed by atoms with van der Waals surface area (Å²) < 4.78 is 0. The molecule has 1 fully saturated rings. The lowest BCUT2D eigenvalue weighted by Gasteiger charge is -2.34. The first-order valence-electron chi connectivity index (χ1n) is 6.81. The van der Waals surface area contributed by atoms with Gasteiger partial charge in [-0.3, -0.25) is 9.69 Å². The summed E-state index contributed by atoms with van der Waals surface area (Å²) in [5.74, 6) is 0. The number of piperazine rings is 1. The number of carbonyl (C=O) groups excluding carboxylic acids is 1. The van der Waals surface area contributed by atoms with Crippen LogP contribution < -0.4 is 0 Å². The van der Waals surface area contributed by atoms with Crippen molar-refractivity contribution in [3.63, 3.8) is 0 Å². The van der Waals surface area contributed by atoms with Crippen LogP contribution in [0.25, 0.3) is 0 Å². The first kappa shape index (κ1) is 15.5. The van der Waals surface area contributed by atoms with Crippen LogP contribution in [0.1, 0.15) is 15.9 Å². The van der Waals surface area contributed by atoms with Crippen LogP contribution in [0, 0.1) is 0 Å². The molecule has 0 saturated carbocycles. The van der Waals surface area contributed by atoms with Crippen molar-refractivity contribution in [2.75, 3.05) is 38.9 Å². The number of aldehydes is 1. The average molecular weight is 296 g/mol. The largest absolute Gasteiger partial charge is 0.350 e. The van der Waals surface area contributed by atoms with Crippen LogP contribution in [-0.2, 0) is 6.54 Å². The topological polar surface area (TPSA) is 64.0 Å². The molecule has 2 N–H and O–H groups in total. The van der Waals surface area contributed by atoms with Crippen molar-refractivity contribution in [3.05, 3.63) is 35.4 Å². The Balaban J connectivity index is 1.74. The van der Waals surface area contributed by atoms with E-state index in [0.717, 1.165) is 45.6 Å². The van der Waals surface area contributed by atoms with E-state index in [2.05, 4.69) is 9.80 Å². The molecule has 0 unspecified atom stereocenters. The van der Waals surface area contributed by atoms with Crippen LogP contribution in [0.15, 0.2) is 24.3 Å². The van der Waals surface area contributed by atoms with Gasteiger partial charge in [0.15, 0.2) is 8.38 Å². The van der Waals surface area contributed by atoms with E-state index in [0.29, 0.717) is 11.7 Å². The Hall–Kier alpha value is -0.840. The van der Waals surface area contributed by atoms with Crippen molar-refractivity contribution in [1.29, 1.82) is 0 Å². The predicted molar refractivity (Wildman–Crippen MR) is 79.8 cm³/mol. The summed E-state index contributed by atoms with van der Waals surface area (Å²) in [6, 6.07) is 7.70. The molecule has 0 atom stereocenters. The van der Waals surface area contributed by atoms with Crippen LogP contribution >= 0.6 is 8.38 Å². The van der Waals surface area contributed by atoms with Gasteiger partial charge in [-0.05, 0) is 5.56 Å². The van der Waals surface area contributed by atoms with Gasteiger partial charge in [0.05, 0.1) is 0 Å². The summed E-state index contributed by atoms with van der Waals surface area (Å²) in [5, 5.41) is 0. The van der Waals surface area contributed by atoms with Crippen LogP contribution in [-0.4, -0.2) is 64.8 Å². The van der Waals surface area contributed by atoms with Gasteiger partial charge in [-0.15, -0.1) is 0 Å². The maximum atomic E-state index is 10.6. The van der Waals surface area contributed by atoms with E-state index in [1.807, 2.05) is 24.3 Å². The van der Waals surface area contributed by atoms with Crippen molar-refractivity contribution in [1.82, 2.24) is 9.80 Å². The number of carbonyl (C=O) groups is 1. The summed E-state index contributed by atoms with van der Waals surface area (Å²) in [4.78, 5) is 33.1. The zero-order valence-electron chi connectivity index (χ0n) is 11.5. The van der Waals surface area contributed by atoms with Crippen LogP contribution in [0.5, 0.6) is 0 Å². The van der Waals surface area contributed by atoms with E-state index in [1.165, 1.54) is 5.56 Å². The second-order valence-corrected chi connectivity index (χ2v) is 6.26. The second-order valence-electron chi connectivity index (χ2n) is 5.07. The van der Waals surface area contributed by atoms with Gasteiger partial charge in [0, 0.05) is 51.0 Å². The zero-order chi connectivity index (χ0) is 14.4. The molecule has 1 heterocycles. The molecule has 5 nitrogen and oxygen atoms in total. The first-order chi connectivity index (χ1) is 9.67. The van der Waals surface area contributed by atoms with Crippen LogP contribution in [0.4, 0.5) is 0 Å². The molecule has 2 rings (SSSR count). The van der Waals surface area contributed by atoms with Gasteiger partial charge in [0.1, 0.15) is 6.29 Å². The minimum Gasteiger partial charge on any atom is -0.350 e. The zero-order valence-corrected chi connectivity index (χ0v) is 12.4. The molecule has 0 radical (unpaired) electrons. The van der Waals surface area contributed by atoms with Crippen LogP contribution in [0.3, 0.4) is 0 Å². The van der Waals surface area contributed by atoms with Crippen molar-refractivity contribution in [2.45, 2.75) is 6.54 Å². The molecule has 1 aliphatic rings. The molecule has 0 spiro atoms. The molecule has 1 saturated heterocycles. The lowest BCUT2D eigenvalue weighted by Crippen LogP contribution is -2.46. The Kier molecular flexibility index (Phi) is 6.07. The van der Waals surface area contributed by atoms with Gasteiger partial charge in [0.2, 0.25) is 0 Å². The fourth-order valence-electron chi connectivity index (χ4n) is 2.36. The van der Waals surface area contributed by atoms with E-state index in [1.54, 1.807) is 0 Å². The van der Waals surface area contributed by atoms with Crippen molar-refractivity contribution < 1.29 is 14.6 Å². The smallest absolute Gasteiger partial charge is 0.166 e. The van der Waals surface area contributed by atoms with Crippen molar-refractivity contribution in [3.8, 4) is 0 Å². The average Bonchev–Trinajstić information content (AvgIpc) is 2.47. The maximum Gasteiger partial charge on any atom is 0.166 e. The third kappa shape index (κ3) is 4.93. The second kappa shape index (κ2) is 7.81. The standard InChI is InChI=1S/C14H21N2O3P/c17-12-14-3-1-13(2-4-14)11-16-7-5-15(6-8-16)9-10-20(18)19/h1-4,12,18-19H,5-11H2. The summed E-state index contributed by atoms with van der Waals surface area (Å²) in [5.41, 5.74) is 1.93. The maximum absolute atomic E-state index is 10.6. The molecule has 0 aromatic heterocycles. The Bertz CT molecular complexity index is 417. The Morgan fingerprint density at radius 1 is 1.05 bits per heavy atom. The Morgan fingerprint density at radius 2 is 1.65 bits per heavy atom. The fourth-order valence-corrected chi connectivity index (χ4v) is 2.82. The summed E-state index contributed by atoms with van der Waals surface area (Å²) >= 11 is 0. The fraction of sp³-hybridized carbons (Fsp3) is 0.500. The highest BCUT2D eigenvalue weighted by atomic mass is 31.2. The van der Waals surface area contributed by atoms with Gasteiger partial charge in [-0.1, -0.05) is 24.3 Å². The van der Waals surface area contributed by atoms with Crippen molar-refractivity contribution >= 4 is 14.7 Å². The Labute approximate surface area is 120 Å². The molecule has 110 valence electrons. The molecular formula is C14H21N2O3P. The quantitative estimate of drug-likeness (QED) is 0.603. The molecule has 1 aromatic rings. The van der Waals surface area contributed by atoms with E-state index in [9.17, 15) is 4.79 Å². The van der Waals surface area contributed by atoms with E-state index < -0.39 is 8.38 Å². The van der Waals surface area contributed by atoms with Gasteiger partial charge in [-0.2, -0.15) is 0 Å². The van der Waals surface area contributed by atoms with Gasteiger partial charge >= 0.3 is 0 Å². The van der Waals surface area contributed by atoms with E-state index >= 15 is 0 Å². The number of hydrogen-bond donors (Lipinski definition) is 2. The Morgan fingerprint density at radius 3 is 2.20 bits per heavy atom. The first-order valence-corrected chi connectivity index (χ1v) is 8.25. The van der Waals surface area contributed by atoms with E-state index in [4.69, 9.17) is 9.79 Å². The molecule has 0 bridgehead atoms. The third-order valence-corrected chi connectivity index (χ3v) is 4.20. The van der Waals surface area contributed by atoms with E-state index in [-0.39, 0.29) is 0 Å². The molecule has 1 aliphatic heterocycles. The highest BCUT2D eigenvalue weighted by molar-refractivity contribution is 7.45. The molecule has 1 aromatic carbocycles. The highest BCUT2D eigenvalue weighted by Crippen LogP contribution is 2.22. The van der Waals surface area contributed by atoms with Crippen molar-refractivity contribution in [2.24, 2.45) is 0 Å². The molecule has 0 amide bonds. The predicted octanol–water partition coefficient (Wildman–Crippen LogP) is 0.913. The molecule has 20 heavy (non-hydrogen) atoms. The van der Waals surface area contributed by atoms with Crippen LogP contribution in [0.2, 0.25) is 0 Å². The summed E-state index contributed by atoms with van der Waals surface area (Å²) in [6.07, 6.45) is 1.34. The number of hydrogen-bond acceptors (Lipinski definition) is 5. The number of benzene rings is 1. The minimum absolute atomic E-state index is 0.475. The monoisotopic (exact) mass is 296 g/mol. The normalized spacial score (nSPS) is 17.6. The van der Waals surface area contributed by atoms with Gasteiger partial charge in [-0.25, -0.2) is 0 Å². The number of rotatable bonds is 6. The summed E-state index contributed by atoms with van der Waals surface area (Å²) in [7, 11) is -1.76. The highest BCUT2D eigenvalue weighted by Gasteiger charge is 2.17. The lowest BCUT2D eigenvalue weighted by atomic mass is 10.1. The lowest BCUT2D eigenvalue weighted by molar-refractivity contribution is 0.112. The molecule has 6 heteroatoms. The van der Waals surface area contributed by atoms with Gasteiger partial charge in [0.25, 0.3) is 0 Å². The molecular weight excluding hydrogens is 275 g/mol. The summed E-state index contributed by atoms with van der Waals surface area (Å²) in [6.45, 7) is 5.58. The number of nitrogens with zero attached hydrogens (tertiary/aromatic N) is 2. The van der Waals surface area contributed by atoms with Gasteiger partial charge < -0.3 is 14.7 Å².